The van der Waals surface area contributed by atoms with Crippen LogP contribution in [-0.2, 0) is 25.6 Å². The predicted molar refractivity (Wildman–Crippen MR) is 155 cm³/mol. The van der Waals surface area contributed by atoms with Gasteiger partial charge in [-0.15, -0.1) is 0 Å². The highest BCUT2D eigenvalue weighted by atomic mass is 16.3. The number of primary amides is 1. The molecule has 6 N–H and O–H groups in total. The van der Waals surface area contributed by atoms with Crippen molar-refractivity contribution in [2.45, 2.75) is 24.5 Å². The van der Waals surface area contributed by atoms with Crippen molar-refractivity contribution in [3.63, 3.8) is 0 Å². The van der Waals surface area contributed by atoms with Gasteiger partial charge < -0.3 is 31.5 Å². The van der Waals surface area contributed by atoms with E-state index in [1.807, 2.05) is 0 Å². The monoisotopic (exact) mass is 591 g/mol. The van der Waals surface area contributed by atoms with Gasteiger partial charge in [-0.3, -0.25) is 28.9 Å². The summed E-state index contributed by atoms with van der Waals surface area (Å²) in [7, 11) is 6.48. The first-order chi connectivity index (χ1) is 20.2. The second kappa shape index (κ2) is 10.6. The van der Waals surface area contributed by atoms with Crippen LogP contribution in [0.25, 0.3) is 0 Å². The smallest absolute Gasteiger partial charge is 0.323 e. The largest absolute Gasteiger partial charge is 0.505 e. The molecule has 6 atom stereocenters. The van der Waals surface area contributed by atoms with Gasteiger partial charge >= 0.3 is 6.03 Å². The molecule has 0 radical (unpaired) electrons. The normalized spacial score (nSPS) is 28.1. The standard InChI is InChI=1S/C30H33N5O8/c1-34(2)18-12-17(33-29(42)32-14-8-6-5-7-9-14)23(36)20-15(18)10-13-11-16-22(35(3)4)25(38)21(28(31)41)27(40)30(16,43)26(39)19(13)24(20)37/h5-9,12-13,16,19,21-22,36,43H,10-11H2,1-4H3,(H2,31,41)(H2,32,33,42)/t13-,16-,19?,21?,22-,30-/m1/s1. The number of aromatic hydroxyl groups is 1. The highest BCUT2D eigenvalue weighted by Crippen LogP contribution is 2.52. The van der Waals surface area contributed by atoms with Crippen LogP contribution in [0.1, 0.15) is 22.3 Å². The van der Waals surface area contributed by atoms with Crippen molar-refractivity contribution >= 4 is 52.1 Å². The van der Waals surface area contributed by atoms with Crippen LogP contribution >= 0.6 is 0 Å². The Hall–Kier alpha value is -4.62. The van der Waals surface area contributed by atoms with E-state index in [4.69, 9.17) is 5.73 Å². The number of nitrogens with two attached hydrogens (primary N) is 1. The molecule has 43 heavy (non-hydrogen) atoms. The highest BCUT2D eigenvalue weighted by Gasteiger charge is 2.69. The number of nitrogens with one attached hydrogen (secondary N) is 2. The van der Waals surface area contributed by atoms with Crippen molar-refractivity contribution < 1.29 is 39.0 Å². The minimum atomic E-state index is -2.82. The summed E-state index contributed by atoms with van der Waals surface area (Å²) in [5.41, 5.74) is 3.64. The molecule has 0 spiro atoms. The summed E-state index contributed by atoms with van der Waals surface area (Å²) in [6.45, 7) is 0. The van der Waals surface area contributed by atoms with Crippen LogP contribution in [-0.4, -0.2) is 90.0 Å². The van der Waals surface area contributed by atoms with Crippen LogP contribution in [0.15, 0.2) is 36.4 Å². The fourth-order valence-corrected chi connectivity index (χ4v) is 6.95. The van der Waals surface area contributed by atoms with Crippen molar-refractivity contribution in [3.05, 3.63) is 47.5 Å². The van der Waals surface area contributed by atoms with Crippen molar-refractivity contribution in [1.29, 1.82) is 0 Å². The third kappa shape index (κ3) is 4.55. The summed E-state index contributed by atoms with van der Waals surface area (Å²) in [6, 6.07) is 8.20. The first-order valence-electron chi connectivity index (χ1n) is 13.7. The molecular formula is C30H33N5O8. The average molecular weight is 592 g/mol. The maximum atomic E-state index is 14.1. The van der Waals surface area contributed by atoms with Crippen molar-refractivity contribution in [2.24, 2.45) is 29.4 Å². The summed E-state index contributed by atoms with van der Waals surface area (Å²) in [5.74, 6) is -11.5. The Kier molecular flexibility index (Phi) is 7.35. The molecule has 0 saturated heterocycles. The molecule has 13 nitrogen and oxygen atoms in total. The van der Waals surface area contributed by atoms with Gasteiger partial charge in [0.1, 0.15) is 5.75 Å². The molecule has 2 aromatic carbocycles. The van der Waals surface area contributed by atoms with Crippen molar-refractivity contribution in [1.82, 2.24) is 4.90 Å². The quantitative estimate of drug-likeness (QED) is 0.242. The summed E-state index contributed by atoms with van der Waals surface area (Å²) >= 11 is 0. The lowest BCUT2D eigenvalue weighted by Gasteiger charge is -2.52. The number of carbonyl (C=O) groups is 6. The van der Waals surface area contributed by atoms with E-state index in [0.717, 1.165) is 0 Å². The number of ketones is 4. The molecule has 13 heteroatoms. The average Bonchev–Trinajstić information content (AvgIpc) is 2.92. The summed E-state index contributed by atoms with van der Waals surface area (Å²) in [6.07, 6.45) is 0.0421. The number of fused-ring (bicyclic) bond motifs is 3. The Morgan fingerprint density at radius 2 is 1.65 bits per heavy atom. The van der Waals surface area contributed by atoms with E-state index in [0.29, 0.717) is 16.9 Å². The Morgan fingerprint density at radius 3 is 2.23 bits per heavy atom. The van der Waals surface area contributed by atoms with E-state index < -0.39 is 76.1 Å². The number of aliphatic hydroxyl groups is 1. The number of urea groups is 1. The van der Waals surface area contributed by atoms with Crippen LogP contribution < -0.4 is 21.3 Å². The van der Waals surface area contributed by atoms with E-state index in [1.165, 1.54) is 25.1 Å². The molecule has 2 unspecified atom stereocenters. The molecule has 2 fully saturated rings. The number of amides is 3. The fourth-order valence-electron chi connectivity index (χ4n) is 6.95. The Bertz CT molecular complexity index is 1570. The van der Waals surface area contributed by atoms with Crippen molar-refractivity contribution in [3.8, 4) is 5.75 Å². The number of rotatable bonds is 5. The van der Waals surface area contributed by atoms with E-state index >= 15 is 0 Å². The second-order valence-electron chi connectivity index (χ2n) is 11.8. The molecule has 5 rings (SSSR count). The lowest BCUT2D eigenvalue weighted by molar-refractivity contribution is -0.181. The molecule has 0 heterocycles. The zero-order chi connectivity index (χ0) is 31.5. The number of anilines is 3. The lowest BCUT2D eigenvalue weighted by atomic mass is 9.52. The van der Waals surface area contributed by atoms with Crippen LogP contribution in [0.4, 0.5) is 21.9 Å². The third-order valence-corrected chi connectivity index (χ3v) is 8.80. The van der Waals surface area contributed by atoms with Crippen LogP contribution in [0.2, 0.25) is 0 Å². The molecule has 2 aromatic rings. The Labute approximate surface area is 247 Å². The maximum absolute atomic E-state index is 14.1. The van der Waals surface area contributed by atoms with Gasteiger partial charge in [0.2, 0.25) is 5.91 Å². The van der Waals surface area contributed by atoms with Gasteiger partial charge in [0, 0.05) is 31.4 Å². The van der Waals surface area contributed by atoms with Gasteiger partial charge in [0.05, 0.1) is 23.2 Å². The minimum absolute atomic E-state index is 0.0585. The Morgan fingerprint density at radius 1 is 1.00 bits per heavy atom. The summed E-state index contributed by atoms with van der Waals surface area (Å²) in [5, 5.41) is 28.2. The van der Waals surface area contributed by atoms with E-state index in [9.17, 15) is 39.0 Å². The zero-order valence-electron chi connectivity index (χ0n) is 24.1. The van der Waals surface area contributed by atoms with Crippen molar-refractivity contribution in [2.75, 3.05) is 43.7 Å². The van der Waals surface area contributed by atoms with E-state index in [1.54, 1.807) is 49.3 Å². The maximum Gasteiger partial charge on any atom is 0.323 e. The highest BCUT2D eigenvalue weighted by molar-refractivity contribution is 6.32. The lowest BCUT2D eigenvalue weighted by Crippen LogP contribution is -2.74. The van der Waals surface area contributed by atoms with E-state index in [2.05, 4.69) is 10.6 Å². The first-order valence-corrected chi connectivity index (χ1v) is 13.7. The number of phenolic OH excluding ortho intramolecular Hbond substituents is 1. The molecule has 3 amide bonds. The minimum Gasteiger partial charge on any atom is -0.505 e. The number of hydrogen-bond acceptors (Lipinski definition) is 10. The van der Waals surface area contributed by atoms with Crippen LogP contribution in [0, 0.1) is 23.7 Å². The first kappa shape index (κ1) is 29.9. The SMILES string of the molecule is CN(C)c1cc(NC(=O)Nc2ccccc2)c(O)c2c1C[C@@H]1C[C@@H]3[C@@H](N(C)C)C(=O)C(C(N)=O)C(=O)[C@]3(O)C(=O)C1C2=O. The second-order valence-corrected chi connectivity index (χ2v) is 11.8. The van der Waals surface area contributed by atoms with Gasteiger partial charge in [-0.05, 0) is 56.6 Å². The molecule has 0 aliphatic heterocycles. The zero-order valence-corrected chi connectivity index (χ0v) is 24.1. The van der Waals surface area contributed by atoms with Crippen LogP contribution in [0.5, 0.6) is 5.75 Å². The number of hydrogen-bond donors (Lipinski definition) is 5. The van der Waals surface area contributed by atoms with Gasteiger partial charge in [-0.25, -0.2) is 4.79 Å². The molecule has 226 valence electrons. The third-order valence-electron chi connectivity index (χ3n) is 8.80. The number of likely N-dealkylation sites (N-methyl/N-ethyl adjacent to an activating group) is 1. The van der Waals surface area contributed by atoms with Gasteiger partial charge in [-0.2, -0.15) is 0 Å². The number of phenols is 1. The molecule has 0 aromatic heterocycles. The number of Topliss-reactive ketones (excluding diaryl/α,β-unsaturated/α-hetero) is 4. The molecule has 3 aliphatic rings. The Balaban J connectivity index is 1.58. The molecular weight excluding hydrogens is 558 g/mol. The molecule has 3 aliphatic carbocycles. The number of para-hydroxylation sites is 1. The van der Waals surface area contributed by atoms with Crippen LogP contribution in [0.3, 0.4) is 0 Å². The van der Waals surface area contributed by atoms with E-state index in [-0.39, 0.29) is 24.1 Å². The fraction of sp³-hybridized carbons (Fsp3) is 0.400. The summed E-state index contributed by atoms with van der Waals surface area (Å²) < 4.78 is 0. The number of benzene rings is 2. The summed E-state index contributed by atoms with van der Waals surface area (Å²) in [4.78, 5) is 82.9. The topological polar surface area (TPSA) is 199 Å². The predicted octanol–water partition coefficient (Wildman–Crippen LogP) is 0.577. The molecule has 0 bridgehead atoms. The van der Waals surface area contributed by atoms with Gasteiger partial charge in [-0.1, -0.05) is 18.2 Å². The number of nitrogens with zero attached hydrogens (tertiary/aromatic N) is 2. The van der Waals surface area contributed by atoms with Gasteiger partial charge in [0.15, 0.2) is 34.7 Å². The number of carbonyl (C=O) groups excluding carboxylic acids is 6. The van der Waals surface area contributed by atoms with Gasteiger partial charge in [0.25, 0.3) is 0 Å². The molecule has 2 saturated carbocycles.